The molecule has 208 valence electrons. The molecule has 1 fully saturated rings. The maximum absolute atomic E-state index is 13.6. The molecule has 2 aliphatic rings. The van der Waals surface area contributed by atoms with Gasteiger partial charge in [-0.05, 0) is 49.8 Å². The first-order valence-electron chi connectivity index (χ1n) is 13.8. The number of benzene rings is 3. The van der Waals surface area contributed by atoms with Crippen molar-refractivity contribution in [2.24, 2.45) is 10.9 Å². The summed E-state index contributed by atoms with van der Waals surface area (Å²) in [5.74, 6) is -1.30. The van der Waals surface area contributed by atoms with Gasteiger partial charge < -0.3 is 15.2 Å². The van der Waals surface area contributed by atoms with Gasteiger partial charge >= 0.3 is 22.5 Å². The number of para-hydroxylation sites is 1. The van der Waals surface area contributed by atoms with Crippen LogP contribution in [0.25, 0.3) is 5.32 Å². The van der Waals surface area contributed by atoms with Crippen molar-refractivity contribution in [1.29, 1.82) is 0 Å². The average molecular weight is 579 g/mol. The number of carbonyl (C=O) groups excluding carboxylic acids is 1. The van der Waals surface area contributed by atoms with E-state index in [1.165, 1.54) is 5.56 Å². The van der Waals surface area contributed by atoms with Crippen molar-refractivity contribution < 1.29 is 31.2 Å². The number of hydrogen-bond acceptors (Lipinski definition) is 4. The fraction of sp³-hybridized carbons (Fsp3) is 0.303. The Morgan fingerprint density at radius 2 is 1.62 bits per heavy atom. The second-order valence-corrected chi connectivity index (χ2v) is 10.2. The van der Waals surface area contributed by atoms with Crippen LogP contribution < -0.4 is 0 Å². The number of allylic oxidation sites excluding steroid dienone is 1. The zero-order chi connectivity index (χ0) is 27.0. The molecule has 1 aliphatic carbocycles. The van der Waals surface area contributed by atoms with Gasteiger partial charge in [-0.1, -0.05) is 97.1 Å². The molecule has 3 unspecified atom stereocenters. The topological polar surface area (TPSA) is 84.1 Å². The molecule has 5 rings (SSSR count). The molecule has 3 aromatic carbocycles. The van der Waals surface area contributed by atoms with E-state index in [0.717, 1.165) is 44.2 Å². The van der Waals surface area contributed by atoms with E-state index in [1.54, 1.807) is 0 Å². The molecular weight excluding hydrogens is 545 g/mol. The van der Waals surface area contributed by atoms with E-state index < -0.39 is 12.0 Å². The zero-order valence-electron chi connectivity index (χ0n) is 22.3. The first kappa shape index (κ1) is 29.4. The van der Waals surface area contributed by atoms with E-state index >= 15 is 0 Å². The number of nitrogens with zero attached hydrogens (tertiary/aromatic N) is 3. The minimum Gasteiger partial charge on any atom is -0.625 e. The molecule has 3 atom stereocenters. The van der Waals surface area contributed by atoms with Crippen molar-refractivity contribution in [1.82, 2.24) is 4.90 Å². The van der Waals surface area contributed by atoms with Crippen LogP contribution in [-0.4, -0.2) is 46.2 Å². The molecule has 40 heavy (non-hydrogen) atoms. The van der Waals surface area contributed by atoms with Crippen molar-refractivity contribution in [2.75, 3.05) is 6.54 Å². The molecule has 0 spiro atoms. The van der Waals surface area contributed by atoms with Gasteiger partial charge in [-0.3, -0.25) is 9.89 Å². The Bertz CT molecular complexity index is 1340. The van der Waals surface area contributed by atoms with Gasteiger partial charge in [0.05, 0.1) is 17.7 Å². The molecule has 1 heterocycles. The maximum atomic E-state index is 13.6. The van der Waals surface area contributed by atoms with Gasteiger partial charge in [-0.15, -0.1) is 5.69 Å². The van der Waals surface area contributed by atoms with Gasteiger partial charge in [0.15, 0.2) is 6.04 Å². The summed E-state index contributed by atoms with van der Waals surface area (Å²) in [6.07, 6.45) is 8.44. The zero-order valence-corrected chi connectivity index (χ0v) is 23.3. The number of carboxylic acid groups (broad SMARTS) is 1. The van der Waals surface area contributed by atoms with E-state index in [1.807, 2.05) is 84.9 Å². The van der Waals surface area contributed by atoms with Crippen LogP contribution >= 0.6 is 0 Å². The number of aliphatic imine (C=N–C) groups is 1. The van der Waals surface area contributed by atoms with Crippen LogP contribution in [0, 0.1) is 5.92 Å². The first-order valence-corrected chi connectivity index (χ1v) is 13.8. The molecule has 0 radical (unpaired) electrons. The van der Waals surface area contributed by atoms with Crippen LogP contribution in [0.5, 0.6) is 0 Å². The SMILES string of the molecule is O=C(O)C(N=C(c1ccccc1)c1ccccc1[N-]C(=O)C1CCCN1Cc1ccccc1)C1C=CCCC1.[Ni+2]. The molecule has 1 saturated heterocycles. The molecule has 0 saturated carbocycles. The summed E-state index contributed by atoms with van der Waals surface area (Å²) in [7, 11) is 0. The number of hydrogen-bond donors (Lipinski definition) is 1. The van der Waals surface area contributed by atoms with Gasteiger partial charge in [-0.25, -0.2) is 4.79 Å². The van der Waals surface area contributed by atoms with Crippen LogP contribution in [-0.2, 0) is 32.6 Å². The van der Waals surface area contributed by atoms with E-state index in [2.05, 4.69) is 22.3 Å². The van der Waals surface area contributed by atoms with E-state index in [4.69, 9.17) is 4.99 Å². The Morgan fingerprint density at radius 3 is 2.33 bits per heavy atom. The van der Waals surface area contributed by atoms with Gasteiger partial charge in [-0.2, -0.15) is 0 Å². The van der Waals surface area contributed by atoms with Crippen LogP contribution in [0.3, 0.4) is 0 Å². The van der Waals surface area contributed by atoms with Crippen LogP contribution in [0.2, 0.25) is 0 Å². The van der Waals surface area contributed by atoms with E-state index in [9.17, 15) is 14.7 Å². The Labute approximate surface area is 246 Å². The summed E-state index contributed by atoms with van der Waals surface area (Å²) >= 11 is 0. The maximum Gasteiger partial charge on any atom is 2.00 e. The van der Waals surface area contributed by atoms with Crippen molar-refractivity contribution in [3.8, 4) is 0 Å². The molecule has 3 aromatic rings. The molecule has 7 heteroatoms. The smallest absolute Gasteiger partial charge is 0.625 e. The summed E-state index contributed by atoms with van der Waals surface area (Å²) in [5.41, 5.74) is 3.69. The van der Waals surface area contributed by atoms with Crippen molar-refractivity contribution in [3.63, 3.8) is 0 Å². The molecule has 1 amide bonds. The normalized spacial score (nSPS) is 19.9. The van der Waals surface area contributed by atoms with Gasteiger partial charge in [0.1, 0.15) is 0 Å². The number of aliphatic carboxylic acids is 1. The third-order valence-corrected chi connectivity index (χ3v) is 7.53. The summed E-state index contributed by atoms with van der Waals surface area (Å²) in [6, 6.07) is 26.0. The van der Waals surface area contributed by atoms with Crippen LogP contribution in [0.15, 0.2) is 102 Å². The standard InChI is InChI=1S/C33H35N3O3.Ni/c37-32(29-21-12-22-36(29)23-24-13-4-1-5-14-24)34-28-20-11-10-19-27(28)30(25-15-6-2-7-16-25)35-31(33(38)39)26-17-8-3-9-18-26;/h1-2,4-8,10-11,13-17,19-20,26,29,31H,3,9,12,18,21-23H2,(H2,34,35,37,38,39);/q;+2/p-1. The predicted octanol–water partition coefficient (Wildman–Crippen LogP) is 6.53. The minimum atomic E-state index is -0.951. The van der Waals surface area contributed by atoms with Crippen LogP contribution in [0.1, 0.15) is 48.8 Å². The Hall–Kier alpha value is -3.54. The molecule has 0 aromatic heterocycles. The number of rotatable bonds is 9. The number of carbonyl (C=O) groups is 2. The number of amides is 1. The average Bonchev–Trinajstić information content (AvgIpc) is 3.44. The van der Waals surface area contributed by atoms with Crippen molar-refractivity contribution in [2.45, 2.75) is 50.7 Å². The second-order valence-electron chi connectivity index (χ2n) is 10.2. The Balaban J connectivity index is 0.00000370. The quantitative estimate of drug-likeness (QED) is 0.178. The van der Waals surface area contributed by atoms with Crippen molar-refractivity contribution in [3.05, 3.63) is 119 Å². The number of likely N-dealkylation sites (tertiary alicyclic amines) is 1. The van der Waals surface area contributed by atoms with Gasteiger partial charge in [0, 0.05) is 18.0 Å². The summed E-state index contributed by atoms with van der Waals surface area (Å²) < 4.78 is 0. The number of carboxylic acids is 1. The second kappa shape index (κ2) is 14.2. The molecular formula is C33H34N3NiO3+. The van der Waals surface area contributed by atoms with Gasteiger partial charge in [0.2, 0.25) is 0 Å². The van der Waals surface area contributed by atoms with Crippen molar-refractivity contribution >= 4 is 23.3 Å². The van der Waals surface area contributed by atoms with Crippen LogP contribution in [0.4, 0.5) is 5.69 Å². The van der Waals surface area contributed by atoms with E-state index in [-0.39, 0.29) is 34.4 Å². The monoisotopic (exact) mass is 578 g/mol. The molecule has 1 aliphatic heterocycles. The summed E-state index contributed by atoms with van der Waals surface area (Å²) in [4.78, 5) is 33.0. The summed E-state index contributed by atoms with van der Waals surface area (Å²) in [5, 5.41) is 14.8. The molecule has 6 nitrogen and oxygen atoms in total. The van der Waals surface area contributed by atoms with E-state index in [0.29, 0.717) is 23.5 Å². The fourth-order valence-corrected chi connectivity index (χ4v) is 5.55. The Kier molecular flexibility index (Phi) is 10.5. The Morgan fingerprint density at radius 1 is 0.925 bits per heavy atom. The minimum absolute atomic E-state index is 0. The fourth-order valence-electron chi connectivity index (χ4n) is 5.55. The largest absolute Gasteiger partial charge is 2.00 e. The molecule has 1 N–H and O–H groups in total. The first-order chi connectivity index (χ1) is 19.1. The molecule has 0 bridgehead atoms. The predicted molar refractivity (Wildman–Crippen MR) is 154 cm³/mol. The summed E-state index contributed by atoms with van der Waals surface area (Å²) in [6.45, 7) is 1.56. The van der Waals surface area contributed by atoms with Gasteiger partial charge in [0.25, 0.3) is 0 Å². The third-order valence-electron chi connectivity index (χ3n) is 7.53. The third kappa shape index (κ3) is 7.15.